The number of hydrogen-bond donors (Lipinski definition) is 1. The highest BCUT2D eigenvalue weighted by Crippen LogP contribution is 2.26. The Labute approximate surface area is 117 Å². The number of anilines is 1. The molecule has 0 aliphatic rings. The maximum atomic E-state index is 4.29. The molecule has 0 radical (unpaired) electrons. The molecule has 0 fully saturated rings. The van der Waals surface area contributed by atoms with E-state index < -0.39 is 0 Å². The van der Waals surface area contributed by atoms with E-state index >= 15 is 0 Å². The van der Waals surface area contributed by atoms with E-state index in [1.165, 1.54) is 0 Å². The van der Waals surface area contributed by atoms with Crippen LogP contribution in [-0.4, -0.2) is 24.3 Å². The van der Waals surface area contributed by atoms with Gasteiger partial charge in [0.1, 0.15) is 5.69 Å². The van der Waals surface area contributed by atoms with Gasteiger partial charge in [-0.15, -0.1) is 5.11 Å². The normalized spacial score (nSPS) is 11.3. The Bertz CT molecular complexity index is 740. The molecule has 20 heavy (non-hydrogen) atoms. The second kappa shape index (κ2) is 5.13. The summed E-state index contributed by atoms with van der Waals surface area (Å²) in [7, 11) is 4.02. The molecule has 3 aromatic rings. The summed E-state index contributed by atoms with van der Waals surface area (Å²) in [5.41, 5.74) is 3.66. The largest absolute Gasteiger partial charge is 0.378 e. The van der Waals surface area contributed by atoms with Crippen molar-refractivity contribution < 1.29 is 0 Å². The molecule has 0 unspecified atom stereocenters. The van der Waals surface area contributed by atoms with E-state index in [0.29, 0.717) is 0 Å². The lowest BCUT2D eigenvalue weighted by Gasteiger charge is -2.11. The quantitative estimate of drug-likeness (QED) is 0.726. The van der Waals surface area contributed by atoms with Crippen molar-refractivity contribution in [3.05, 3.63) is 48.7 Å². The van der Waals surface area contributed by atoms with Gasteiger partial charge in [0, 0.05) is 25.2 Å². The van der Waals surface area contributed by atoms with Crippen LogP contribution in [0.15, 0.2) is 58.9 Å². The molecular weight excluding hydrogens is 250 g/mol. The number of hydrogen-bond acceptors (Lipinski definition) is 4. The third-order valence-electron chi connectivity index (χ3n) is 3.09. The summed E-state index contributed by atoms with van der Waals surface area (Å²) in [6, 6.07) is 13.8. The molecule has 1 heterocycles. The number of aromatic nitrogens is 2. The highest BCUT2D eigenvalue weighted by molar-refractivity contribution is 5.88. The van der Waals surface area contributed by atoms with Crippen LogP contribution in [0.2, 0.25) is 0 Å². The van der Waals surface area contributed by atoms with Crippen LogP contribution in [0.5, 0.6) is 0 Å². The fourth-order valence-corrected chi connectivity index (χ4v) is 1.97. The first-order valence-corrected chi connectivity index (χ1v) is 6.35. The average molecular weight is 265 g/mol. The molecule has 0 saturated carbocycles. The molecule has 0 atom stereocenters. The van der Waals surface area contributed by atoms with Crippen LogP contribution in [0.3, 0.4) is 0 Å². The minimum atomic E-state index is 0.789. The maximum Gasteiger partial charge on any atom is 0.111 e. The molecule has 1 aromatic heterocycles. The van der Waals surface area contributed by atoms with Crippen LogP contribution in [-0.2, 0) is 0 Å². The summed E-state index contributed by atoms with van der Waals surface area (Å²) in [5, 5.41) is 16.5. The zero-order chi connectivity index (χ0) is 13.9. The summed E-state index contributed by atoms with van der Waals surface area (Å²) in [6.45, 7) is 0. The van der Waals surface area contributed by atoms with E-state index in [0.717, 1.165) is 28.0 Å². The van der Waals surface area contributed by atoms with E-state index in [4.69, 9.17) is 0 Å². The molecule has 1 N–H and O–H groups in total. The van der Waals surface area contributed by atoms with E-state index in [9.17, 15) is 0 Å². The monoisotopic (exact) mass is 265 g/mol. The van der Waals surface area contributed by atoms with Crippen LogP contribution >= 0.6 is 0 Å². The van der Waals surface area contributed by atoms with E-state index in [1.807, 2.05) is 61.5 Å². The number of aromatic amines is 1. The third kappa shape index (κ3) is 2.38. The first-order valence-electron chi connectivity index (χ1n) is 6.35. The van der Waals surface area contributed by atoms with Gasteiger partial charge in [0.2, 0.25) is 0 Å². The first-order chi connectivity index (χ1) is 9.74. The lowest BCUT2D eigenvalue weighted by Crippen LogP contribution is -2.07. The summed E-state index contributed by atoms with van der Waals surface area (Å²) in [4.78, 5) is 2.05. The SMILES string of the molecule is CN(C)c1ccc(N=Nc2cccc3cn[nH]c23)cc1. The average Bonchev–Trinajstić information content (AvgIpc) is 2.94. The van der Waals surface area contributed by atoms with Gasteiger partial charge in [0.25, 0.3) is 0 Å². The van der Waals surface area contributed by atoms with Crippen LogP contribution < -0.4 is 4.90 Å². The highest BCUT2D eigenvalue weighted by atomic mass is 15.1. The molecule has 100 valence electrons. The number of benzene rings is 2. The molecule has 5 heteroatoms. The lowest BCUT2D eigenvalue weighted by atomic mass is 10.2. The summed E-state index contributed by atoms with van der Waals surface area (Å²) in [5.74, 6) is 0. The minimum Gasteiger partial charge on any atom is -0.378 e. The van der Waals surface area contributed by atoms with Crippen molar-refractivity contribution in [3.63, 3.8) is 0 Å². The van der Waals surface area contributed by atoms with Gasteiger partial charge in [0.05, 0.1) is 17.4 Å². The van der Waals surface area contributed by atoms with Crippen molar-refractivity contribution in [2.75, 3.05) is 19.0 Å². The second-order valence-corrected chi connectivity index (χ2v) is 4.72. The smallest absolute Gasteiger partial charge is 0.111 e. The number of fused-ring (bicyclic) bond motifs is 1. The van der Waals surface area contributed by atoms with Gasteiger partial charge in [-0.05, 0) is 30.3 Å². The Morgan fingerprint density at radius 3 is 2.55 bits per heavy atom. The standard InChI is InChI=1S/C15H15N5/c1-20(2)13-8-6-12(7-9-13)17-18-14-5-3-4-11-10-16-19-15(11)14/h3-10H,1-2H3,(H,16,19). The van der Waals surface area contributed by atoms with E-state index in [1.54, 1.807) is 6.20 Å². The van der Waals surface area contributed by atoms with Gasteiger partial charge in [-0.1, -0.05) is 12.1 Å². The molecule has 3 rings (SSSR count). The number of H-pyrrole nitrogens is 1. The maximum absolute atomic E-state index is 4.29. The minimum absolute atomic E-state index is 0.789. The fourth-order valence-electron chi connectivity index (χ4n) is 1.97. The van der Waals surface area contributed by atoms with Crippen molar-refractivity contribution in [1.29, 1.82) is 0 Å². The second-order valence-electron chi connectivity index (χ2n) is 4.72. The highest BCUT2D eigenvalue weighted by Gasteiger charge is 2.01. The van der Waals surface area contributed by atoms with Gasteiger partial charge in [-0.2, -0.15) is 10.2 Å². The molecule has 5 nitrogen and oxygen atoms in total. The molecule has 2 aromatic carbocycles. The Morgan fingerprint density at radius 1 is 1.00 bits per heavy atom. The van der Waals surface area contributed by atoms with Gasteiger partial charge < -0.3 is 4.90 Å². The molecule has 0 aliphatic heterocycles. The van der Waals surface area contributed by atoms with Crippen molar-refractivity contribution in [3.8, 4) is 0 Å². The van der Waals surface area contributed by atoms with Crippen LogP contribution in [0.4, 0.5) is 17.1 Å². The molecule has 0 spiro atoms. The zero-order valence-corrected chi connectivity index (χ0v) is 11.4. The van der Waals surface area contributed by atoms with Gasteiger partial charge in [0.15, 0.2) is 0 Å². The van der Waals surface area contributed by atoms with Gasteiger partial charge >= 0.3 is 0 Å². The number of para-hydroxylation sites is 1. The van der Waals surface area contributed by atoms with Crippen LogP contribution in [0, 0.1) is 0 Å². The molecule has 0 bridgehead atoms. The molecule has 0 aliphatic carbocycles. The van der Waals surface area contributed by atoms with Crippen molar-refractivity contribution in [1.82, 2.24) is 10.2 Å². The Hall–Kier alpha value is -2.69. The number of rotatable bonds is 3. The summed E-state index contributed by atoms with van der Waals surface area (Å²) >= 11 is 0. The van der Waals surface area contributed by atoms with E-state index in [-0.39, 0.29) is 0 Å². The predicted octanol–water partition coefficient (Wildman–Crippen LogP) is 4.04. The summed E-state index contributed by atoms with van der Waals surface area (Å²) < 4.78 is 0. The number of azo groups is 1. The van der Waals surface area contributed by atoms with Crippen molar-refractivity contribution in [2.45, 2.75) is 0 Å². The fraction of sp³-hybridized carbons (Fsp3) is 0.133. The third-order valence-corrected chi connectivity index (χ3v) is 3.09. The Balaban J connectivity index is 1.88. The number of nitrogens with one attached hydrogen (secondary N) is 1. The van der Waals surface area contributed by atoms with Gasteiger partial charge in [-0.25, -0.2) is 0 Å². The first kappa shape index (κ1) is 12.3. The molecule has 0 saturated heterocycles. The van der Waals surface area contributed by atoms with Crippen LogP contribution in [0.1, 0.15) is 0 Å². The van der Waals surface area contributed by atoms with Crippen molar-refractivity contribution in [2.24, 2.45) is 10.2 Å². The number of nitrogens with zero attached hydrogens (tertiary/aromatic N) is 4. The predicted molar refractivity (Wildman–Crippen MR) is 81.0 cm³/mol. The molecular formula is C15H15N5. The van der Waals surface area contributed by atoms with Gasteiger partial charge in [-0.3, -0.25) is 5.10 Å². The Morgan fingerprint density at radius 2 is 1.80 bits per heavy atom. The lowest BCUT2D eigenvalue weighted by molar-refractivity contribution is 1.11. The van der Waals surface area contributed by atoms with Crippen LogP contribution in [0.25, 0.3) is 10.9 Å². The molecule has 0 amide bonds. The summed E-state index contributed by atoms with van der Waals surface area (Å²) in [6.07, 6.45) is 1.78. The Kier molecular flexibility index (Phi) is 3.16. The van der Waals surface area contributed by atoms with Crippen molar-refractivity contribution >= 4 is 28.0 Å². The topological polar surface area (TPSA) is 56.6 Å². The van der Waals surface area contributed by atoms with E-state index in [2.05, 4.69) is 20.4 Å². The zero-order valence-electron chi connectivity index (χ0n) is 11.4.